The second-order valence-electron chi connectivity index (χ2n) is 2.74. The predicted molar refractivity (Wildman–Crippen MR) is 55.7 cm³/mol. The van der Waals surface area contributed by atoms with E-state index in [4.69, 9.17) is 12.2 Å². The normalized spacial score (nSPS) is 13.5. The van der Waals surface area contributed by atoms with Gasteiger partial charge >= 0.3 is 0 Å². The summed E-state index contributed by atoms with van der Waals surface area (Å²) in [6, 6.07) is 7.72. The zero-order valence-corrected chi connectivity index (χ0v) is 7.60. The number of carbonyl (C=O) groups is 1. The lowest BCUT2D eigenvalue weighted by Crippen LogP contribution is -2.06. The number of hydrogen-bond donors (Lipinski definition) is 0. The summed E-state index contributed by atoms with van der Waals surface area (Å²) in [4.78, 5) is 11.2. The number of fused-ring (bicyclic) bond motifs is 1. The van der Waals surface area contributed by atoms with Crippen molar-refractivity contribution in [1.82, 2.24) is 0 Å². The SMILES string of the molecule is O=CC1=C=Cc2ccccc2C1=S. The van der Waals surface area contributed by atoms with Crippen molar-refractivity contribution in [2.24, 2.45) is 0 Å². The number of aldehydes is 1. The Labute approximate surface area is 81.4 Å². The lowest BCUT2D eigenvalue weighted by molar-refractivity contribution is -0.104. The molecule has 0 unspecified atom stereocenters. The minimum absolute atomic E-state index is 0.466. The van der Waals surface area contributed by atoms with Crippen LogP contribution in [0, 0.1) is 0 Å². The number of allylic oxidation sites excluding steroid dienone is 1. The summed E-state index contributed by atoms with van der Waals surface area (Å²) < 4.78 is 0. The Kier molecular flexibility index (Phi) is 1.93. The van der Waals surface area contributed by atoms with Crippen molar-refractivity contribution < 1.29 is 4.79 Å². The standard InChI is InChI=1S/C11H6OS/c12-7-9-6-5-8-3-1-2-4-10(8)11(9)13/h1-5,7H. The molecule has 1 aromatic carbocycles. The van der Waals surface area contributed by atoms with Crippen LogP contribution in [0.3, 0.4) is 0 Å². The summed E-state index contributed by atoms with van der Waals surface area (Å²) in [5.41, 5.74) is 5.29. The fourth-order valence-electron chi connectivity index (χ4n) is 1.28. The van der Waals surface area contributed by atoms with Gasteiger partial charge in [-0.3, -0.25) is 4.79 Å². The Morgan fingerprint density at radius 2 is 2.08 bits per heavy atom. The van der Waals surface area contributed by atoms with Gasteiger partial charge in [0.05, 0.1) is 10.4 Å². The molecule has 0 fully saturated rings. The molecule has 0 N–H and O–H groups in total. The maximum atomic E-state index is 10.6. The Balaban J connectivity index is 2.68. The molecule has 0 saturated carbocycles. The maximum Gasteiger partial charge on any atom is 0.159 e. The summed E-state index contributed by atoms with van der Waals surface area (Å²) in [5.74, 6) is 0. The molecule has 0 amide bonds. The van der Waals surface area contributed by atoms with Gasteiger partial charge in [0.25, 0.3) is 0 Å². The second-order valence-corrected chi connectivity index (χ2v) is 3.14. The smallest absolute Gasteiger partial charge is 0.159 e. The monoisotopic (exact) mass is 186 g/mol. The van der Waals surface area contributed by atoms with Crippen LogP contribution in [0.25, 0.3) is 6.08 Å². The molecule has 1 aliphatic rings. The molecule has 0 heterocycles. The molecule has 0 aromatic heterocycles. The average molecular weight is 186 g/mol. The third-order valence-corrected chi connectivity index (χ3v) is 2.39. The van der Waals surface area contributed by atoms with Crippen LogP contribution in [0.1, 0.15) is 11.1 Å². The first-order valence-electron chi connectivity index (χ1n) is 3.88. The molecule has 0 atom stereocenters. The van der Waals surface area contributed by atoms with Gasteiger partial charge in [-0.25, -0.2) is 0 Å². The van der Waals surface area contributed by atoms with Gasteiger partial charge in [0.2, 0.25) is 0 Å². The van der Waals surface area contributed by atoms with Crippen molar-refractivity contribution >= 4 is 29.4 Å². The molecule has 1 nitrogen and oxygen atoms in total. The Morgan fingerprint density at radius 1 is 1.31 bits per heavy atom. The lowest BCUT2D eigenvalue weighted by Gasteiger charge is -2.08. The molecule has 13 heavy (non-hydrogen) atoms. The average Bonchev–Trinajstić information content (AvgIpc) is 2.19. The van der Waals surface area contributed by atoms with E-state index >= 15 is 0 Å². The van der Waals surface area contributed by atoms with Gasteiger partial charge in [0.1, 0.15) is 0 Å². The molecule has 62 valence electrons. The lowest BCUT2D eigenvalue weighted by atomic mass is 9.96. The van der Waals surface area contributed by atoms with Crippen molar-refractivity contribution in [3.8, 4) is 0 Å². The first-order valence-corrected chi connectivity index (χ1v) is 4.29. The van der Waals surface area contributed by atoms with E-state index in [1.165, 1.54) is 0 Å². The first-order chi connectivity index (χ1) is 6.33. The van der Waals surface area contributed by atoms with Crippen LogP contribution in [-0.2, 0) is 4.79 Å². The third-order valence-electron chi connectivity index (χ3n) is 1.95. The van der Waals surface area contributed by atoms with Gasteiger partial charge in [-0.05, 0) is 11.6 Å². The molecular formula is C11H6OS. The minimum atomic E-state index is 0.466. The summed E-state index contributed by atoms with van der Waals surface area (Å²) in [6.07, 6.45) is 2.53. The summed E-state index contributed by atoms with van der Waals surface area (Å²) >= 11 is 5.13. The van der Waals surface area contributed by atoms with Gasteiger partial charge in [0.15, 0.2) is 6.29 Å². The first kappa shape index (κ1) is 8.11. The van der Waals surface area contributed by atoms with Crippen LogP contribution >= 0.6 is 12.2 Å². The van der Waals surface area contributed by atoms with E-state index in [-0.39, 0.29) is 0 Å². The highest BCUT2D eigenvalue weighted by atomic mass is 32.1. The summed E-state index contributed by atoms with van der Waals surface area (Å²) in [7, 11) is 0. The predicted octanol–water partition coefficient (Wildman–Crippen LogP) is 2.16. The van der Waals surface area contributed by atoms with Crippen molar-refractivity contribution in [2.75, 3.05) is 0 Å². The largest absolute Gasteiger partial charge is 0.297 e. The van der Waals surface area contributed by atoms with Crippen molar-refractivity contribution in [1.29, 1.82) is 0 Å². The highest BCUT2D eigenvalue weighted by Gasteiger charge is 2.12. The van der Waals surface area contributed by atoms with E-state index in [1.807, 2.05) is 24.3 Å². The van der Waals surface area contributed by atoms with Gasteiger partial charge in [-0.15, -0.1) is 5.73 Å². The van der Waals surface area contributed by atoms with Crippen LogP contribution in [0.15, 0.2) is 35.6 Å². The second kappa shape index (κ2) is 3.09. The van der Waals surface area contributed by atoms with Crippen molar-refractivity contribution in [3.05, 3.63) is 46.7 Å². The fraction of sp³-hybridized carbons (Fsp3) is 0. The van der Waals surface area contributed by atoms with E-state index in [0.717, 1.165) is 17.4 Å². The zero-order chi connectivity index (χ0) is 9.26. The number of thiocarbonyl (C=S) groups is 1. The van der Waals surface area contributed by atoms with Crippen LogP contribution in [0.4, 0.5) is 0 Å². The fourth-order valence-corrected chi connectivity index (χ4v) is 1.58. The van der Waals surface area contributed by atoms with E-state index < -0.39 is 0 Å². The summed E-state index contributed by atoms with van der Waals surface area (Å²) in [5, 5.41) is 0. The molecule has 2 rings (SSSR count). The zero-order valence-electron chi connectivity index (χ0n) is 6.78. The molecule has 1 aliphatic carbocycles. The van der Waals surface area contributed by atoms with E-state index in [9.17, 15) is 4.79 Å². The van der Waals surface area contributed by atoms with Gasteiger partial charge in [-0.1, -0.05) is 36.5 Å². The van der Waals surface area contributed by atoms with Crippen molar-refractivity contribution in [3.63, 3.8) is 0 Å². The molecule has 1 aromatic rings. The molecule has 0 saturated heterocycles. The molecule has 0 aliphatic heterocycles. The Hall–Kier alpha value is -1.50. The topological polar surface area (TPSA) is 17.1 Å². The van der Waals surface area contributed by atoms with Crippen LogP contribution in [-0.4, -0.2) is 11.2 Å². The Morgan fingerprint density at radius 3 is 2.85 bits per heavy atom. The van der Waals surface area contributed by atoms with Gasteiger partial charge in [0, 0.05) is 5.56 Å². The minimum Gasteiger partial charge on any atom is -0.297 e. The number of carbonyl (C=O) groups excluding carboxylic acids is 1. The van der Waals surface area contributed by atoms with Gasteiger partial charge < -0.3 is 0 Å². The number of rotatable bonds is 1. The molecule has 0 spiro atoms. The molecular weight excluding hydrogens is 180 g/mol. The highest BCUT2D eigenvalue weighted by molar-refractivity contribution is 7.81. The molecule has 2 heteroatoms. The van der Waals surface area contributed by atoms with Crippen molar-refractivity contribution in [2.45, 2.75) is 0 Å². The van der Waals surface area contributed by atoms with Crippen LogP contribution in [0.5, 0.6) is 0 Å². The molecule has 0 bridgehead atoms. The molecule has 0 radical (unpaired) electrons. The van der Waals surface area contributed by atoms with Gasteiger partial charge in [-0.2, -0.15) is 0 Å². The van der Waals surface area contributed by atoms with Crippen LogP contribution in [0.2, 0.25) is 0 Å². The third kappa shape index (κ3) is 1.26. The van der Waals surface area contributed by atoms with E-state index in [0.29, 0.717) is 10.4 Å². The van der Waals surface area contributed by atoms with E-state index in [2.05, 4.69) is 5.73 Å². The van der Waals surface area contributed by atoms with Crippen LogP contribution < -0.4 is 0 Å². The number of benzene rings is 1. The maximum absolute atomic E-state index is 10.6. The summed E-state index contributed by atoms with van der Waals surface area (Å²) in [6.45, 7) is 0. The quantitative estimate of drug-likeness (QED) is 0.380. The highest BCUT2D eigenvalue weighted by Crippen LogP contribution is 2.18. The Bertz CT molecular complexity index is 436. The number of hydrogen-bond acceptors (Lipinski definition) is 2. The van der Waals surface area contributed by atoms with E-state index in [1.54, 1.807) is 6.08 Å².